The first kappa shape index (κ1) is 16.6. The third-order valence-electron chi connectivity index (χ3n) is 2.87. The third-order valence-corrected chi connectivity index (χ3v) is 2.87. The number of para-hydroxylation sites is 2. The van der Waals surface area contributed by atoms with Crippen LogP contribution >= 0.6 is 17.0 Å². The number of aliphatic imine (C=N–C) groups is 1. The van der Waals surface area contributed by atoms with Crippen LogP contribution < -0.4 is 20.1 Å². The normalized spacial score (nSPS) is 14.2. The van der Waals surface area contributed by atoms with Crippen LogP contribution in [0.3, 0.4) is 0 Å². The first-order valence-corrected chi connectivity index (χ1v) is 6.68. The Bertz CT molecular complexity index is 427. The predicted molar refractivity (Wildman–Crippen MR) is 86.4 cm³/mol. The molecule has 0 spiro atoms. The molecule has 5 nitrogen and oxygen atoms in total. The quantitative estimate of drug-likeness (QED) is 0.802. The molecule has 2 rings (SSSR count). The average Bonchev–Trinajstić information content (AvgIpc) is 2.72. The summed E-state index contributed by atoms with van der Waals surface area (Å²) in [7, 11) is 1.64. The van der Waals surface area contributed by atoms with Crippen molar-refractivity contribution in [1.29, 1.82) is 0 Å². The zero-order chi connectivity index (χ0) is 13.3. The maximum Gasteiger partial charge on any atom is 0.191 e. The lowest BCUT2D eigenvalue weighted by molar-refractivity contribution is 0.298. The number of hydrogen-bond donors (Lipinski definition) is 2. The van der Waals surface area contributed by atoms with Crippen LogP contribution in [0.1, 0.15) is 12.8 Å². The van der Waals surface area contributed by atoms with Gasteiger partial charge < -0.3 is 20.1 Å². The number of nitrogens with zero attached hydrogens (tertiary/aromatic N) is 1. The number of rotatable bonds is 5. The molecule has 1 aromatic carbocycles. The van der Waals surface area contributed by atoms with E-state index in [-0.39, 0.29) is 17.0 Å². The lowest BCUT2D eigenvalue weighted by Gasteiger charge is -2.12. The molecule has 2 N–H and O–H groups in total. The molecule has 0 radical (unpaired) electrons. The molecule has 0 aliphatic carbocycles. The van der Waals surface area contributed by atoms with Gasteiger partial charge in [-0.25, -0.2) is 0 Å². The summed E-state index contributed by atoms with van der Waals surface area (Å²) >= 11 is 0. The first-order chi connectivity index (χ1) is 9.40. The molecule has 20 heavy (non-hydrogen) atoms. The molecule has 0 aromatic heterocycles. The number of nitrogens with one attached hydrogen (secondary N) is 2. The van der Waals surface area contributed by atoms with Gasteiger partial charge in [0.2, 0.25) is 0 Å². The fraction of sp³-hybridized carbons (Fsp3) is 0.500. The Kier molecular flexibility index (Phi) is 7.87. The van der Waals surface area contributed by atoms with Crippen LogP contribution in [0.5, 0.6) is 11.5 Å². The zero-order valence-corrected chi connectivity index (χ0v) is 13.4. The van der Waals surface area contributed by atoms with E-state index >= 15 is 0 Å². The highest BCUT2D eigenvalue weighted by Crippen LogP contribution is 2.25. The van der Waals surface area contributed by atoms with E-state index in [0.29, 0.717) is 13.2 Å². The number of ether oxygens (including phenoxy) is 2. The van der Waals surface area contributed by atoms with E-state index in [4.69, 9.17) is 9.47 Å². The maximum atomic E-state index is 5.68. The van der Waals surface area contributed by atoms with Crippen molar-refractivity contribution < 1.29 is 9.47 Å². The van der Waals surface area contributed by atoms with Crippen molar-refractivity contribution >= 4 is 22.9 Å². The fourth-order valence-corrected chi connectivity index (χ4v) is 1.88. The van der Waals surface area contributed by atoms with Gasteiger partial charge in [0.25, 0.3) is 0 Å². The van der Waals surface area contributed by atoms with Gasteiger partial charge in [0.15, 0.2) is 17.5 Å². The number of guanidine groups is 1. The van der Waals surface area contributed by atoms with Gasteiger partial charge in [-0.3, -0.25) is 4.99 Å². The van der Waals surface area contributed by atoms with Crippen LogP contribution in [0, 0.1) is 0 Å². The Hall–Kier alpha value is -1.43. The highest BCUT2D eigenvalue weighted by molar-refractivity contribution is 8.93. The van der Waals surface area contributed by atoms with Crippen molar-refractivity contribution in [2.24, 2.45) is 4.99 Å². The molecule has 1 aliphatic heterocycles. The van der Waals surface area contributed by atoms with E-state index in [1.165, 1.54) is 6.42 Å². The number of methoxy groups -OCH3 is 1. The Morgan fingerprint density at radius 1 is 1.25 bits per heavy atom. The van der Waals surface area contributed by atoms with E-state index in [1.54, 1.807) is 7.11 Å². The molecule has 0 fully saturated rings. The lowest BCUT2D eigenvalue weighted by atomic mass is 10.3. The van der Waals surface area contributed by atoms with Crippen molar-refractivity contribution in [3.8, 4) is 11.5 Å². The van der Waals surface area contributed by atoms with Crippen LogP contribution in [0.2, 0.25) is 0 Å². The summed E-state index contributed by atoms with van der Waals surface area (Å²) in [6, 6.07) is 7.65. The molecule has 6 heteroatoms. The summed E-state index contributed by atoms with van der Waals surface area (Å²) in [5.74, 6) is 2.40. The molecular weight excluding hydrogens is 322 g/mol. The topological polar surface area (TPSA) is 54.9 Å². The largest absolute Gasteiger partial charge is 0.493 e. The molecule has 112 valence electrons. The van der Waals surface area contributed by atoms with Crippen LogP contribution in [0.4, 0.5) is 0 Å². The van der Waals surface area contributed by atoms with Crippen molar-refractivity contribution in [2.45, 2.75) is 12.8 Å². The summed E-state index contributed by atoms with van der Waals surface area (Å²) in [6.45, 7) is 3.16. The van der Waals surface area contributed by atoms with E-state index in [9.17, 15) is 0 Å². The smallest absolute Gasteiger partial charge is 0.191 e. The van der Waals surface area contributed by atoms with Crippen LogP contribution in [-0.2, 0) is 0 Å². The molecule has 1 aliphatic rings. The van der Waals surface area contributed by atoms with Gasteiger partial charge in [0.05, 0.1) is 13.7 Å². The lowest BCUT2D eigenvalue weighted by Crippen LogP contribution is -2.39. The van der Waals surface area contributed by atoms with E-state index in [1.807, 2.05) is 24.3 Å². The van der Waals surface area contributed by atoms with Gasteiger partial charge in [-0.05, 0) is 25.0 Å². The zero-order valence-electron chi connectivity index (χ0n) is 11.7. The minimum atomic E-state index is 0. The van der Waals surface area contributed by atoms with Crippen molar-refractivity contribution in [3.63, 3.8) is 0 Å². The van der Waals surface area contributed by atoms with Crippen LogP contribution in [0.25, 0.3) is 0 Å². The number of benzene rings is 1. The molecule has 1 heterocycles. The Balaban J connectivity index is 0.00000200. The van der Waals surface area contributed by atoms with Gasteiger partial charge in [-0.1, -0.05) is 12.1 Å². The molecule has 0 saturated carbocycles. The van der Waals surface area contributed by atoms with Crippen LogP contribution in [-0.4, -0.2) is 39.3 Å². The van der Waals surface area contributed by atoms with E-state index in [2.05, 4.69) is 15.6 Å². The first-order valence-electron chi connectivity index (χ1n) is 6.68. The highest BCUT2D eigenvalue weighted by atomic mass is 79.9. The average molecular weight is 344 g/mol. The van der Waals surface area contributed by atoms with Gasteiger partial charge in [-0.2, -0.15) is 0 Å². The summed E-state index contributed by atoms with van der Waals surface area (Å²) in [4.78, 5) is 4.42. The summed E-state index contributed by atoms with van der Waals surface area (Å²) in [6.07, 6.45) is 2.32. The SMILES string of the molecule is Br.COc1ccccc1OCCNC1=NCCCCN1. The minimum absolute atomic E-state index is 0. The second-order valence-electron chi connectivity index (χ2n) is 4.29. The molecule has 0 saturated heterocycles. The Labute approximate surface area is 130 Å². The predicted octanol–water partition coefficient (Wildman–Crippen LogP) is 1.98. The fourth-order valence-electron chi connectivity index (χ4n) is 1.88. The monoisotopic (exact) mass is 343 g/mol. The van der Waals surface area contributed by atoms with Crippen molar-refractivity contribution in [3.05, 3.63) is 24.3 Å². The van der Waals surface area contributed by atoms with Crippen molar-refractivity contribution in [1.82, 2.24) is 10.6 Å². The highest BCUT2D eigenvalue weighted by Gasteiger charge is 2.04. The Morgan fingerprint density at radius 3 is 2.85 bits per heavy atom. The van der Waals surface area contributed by atoms with E-state index < -0.39 is 0 Å². The van der Waals surface area contributed by atoms with Crippen molar-refractivity contribution in [2.75, 3.05) is 33.4 Å². The second kappa shape index (κ2) is 9.47. The standard InChI is InChI=1S/C14H21N3O2.BrH/c1-18-12-6-2-3-7-13(12)19-11-10-17-14-15-8-4-5-9-16-14;/h2-3,6-7H,4-5,8-11H2,1H3,(H2,15,16,17);1H. The third kappa shape index (κ3) is 5.28. The number of halogens is 1. The summed E-state index contributed by atoms with van der Waals surface area (Å²) in [5, 5.41) is 6.50. The molecule has 0 unspecified atom stereocenters. The van der Waals surface area contributed by atoms with Gasteiger partial charge in [-0.15, -0.1) is 17.0 Å². The Morgan fingerprint density at radius 2 is 2.05 bits per heavy atom. The van der Waals surface area contributed by atoms with Gasteiger partial charge in [0.1, 0.15) is 6.61 Å². The van der Waals surface area contributed by atoms with Crippen LogP contribution in [0.15, 0.2) is 29.3 Å². The summed E-state index contributed by atoms with van der Waals surface area (Å²) in [5.41, 5.74) is 0. The molecule has 0 amide bonds. The van der Waals surface area contributed by atoms with Gasteiger partial charge >= 0.3 is 0 Å². The summed E-state index contributed by atoms with van der Waals surface area (Å²) < 4.78 is 10.9. The maximum absolute atomic E-state index is 5.68. The molecular formula is C14H22BrN3O2. The second-order valence-corrected chi connectivity index (χ2v) is 4.29. The molecule has 1 aromatic rings. The minimum Gasteiger partial charge on any atom is -0.493 e. The van der Waals surface area contributed by atoms with Gasteiger partial charge in [0, 0.05) is 13.1 Å². The molecule has 0 bridgehead atoms. The van der Waals surface area contributed by atoms with E-state index in [0.717, 1.165) is 37.0 Å². The molecule has 0 atom stereocenters. The number of hydrogen-bond acceptors (Lipinski definition) is 5.